The highest BCUT2D eigenvalue weighted by atomic mass is 32.2. The second-order valence-electron chi connectivity index (χ2n) is 7.16. The van der Waals surface area contributed by atoms with Crippen molar-refractivity contribution in [2.75, 3.05) is 18.4 Å². The second-order valence-corrected chi connectivity index (χ2v) is 10.5. The lowest BCUT2D eigenvalue weighted by molar-refractivity contribution is -0.115. The van der Waals surface area contributed by atoms with E-state index in [9.17, 15) is 13.2 Å². The average Bonchev–Trinajstić information content (AvgIpc) is 2.75. The standard InChI is InChI=1S/C23H27N3O3S2/c1-5-26(6-2)31(28,29)19-13-11-18(12-14-19)24-23(27)17(4)30-22-15-16(3)20-9-7-8-10-21(20)25-22/h7-15,17H,5-6H2,1-4H3,(H,24,27). The van der Waals surface area contributed by atoms with Gasteiger partial charge >= 0.3 is 0 Å². The fraction of sp³-hybridized carbons (Fsp3) is 0.304. The van der Waals surface area contributed by atoms with Crippen LogP contribution in [0.4, 0.5) is 5.69 Å². The van der Waals surface area contributed by atoms with Gasteiger partial charge in [0, 0.05) is 24.2 Å². The molecule has 164 valence electrons. The molecule has 3 rings (SSSR count). The van der Waals surface area contributed by atoms with E-state index in [1.54, 1.807) is 26.0 Å². The van der Waals surface area contributed by atoms with Crippen LogP contribution in [0, 0.1) is 6.92 Å². The summed E-state index contributed by atoms with van der Waals surface area (Å²) in [5.74, 6) is -0.169. The fourth-order valence-corrected chi connectivity index (χ4v) is 5.66. The number of carbonyl (C=O) groups is 1. The summed E-state index contributed by atoms with van der Waals surface area (Å²) in [6.45, 7) is 8.29. The summed E-state index contributed by atoms with van der Waals surface area (Å²) < 4.78 is 26.6. The Balaban J connectivity index is 1.69. The molecule has 0 bridgehead atoms. The lowest BCUT2D eigenvalue weighted by Crippen LogP contribution is -2.30. The molecule has 1 N–H and O–H groups in total. The number of nitrogens with zero attached hydrogens (tertiary/aromatic N) is 2. The highest BCUT2D eigenvalue weighted by molar-refractivity contribution is 8.00. The Bertz CT molecular complexity index is 1170. The van der Waals surface area contributed by atoms with Gasteiger partial charge in [-0.2, -0.15) is 4.31 Å². The van der Waals surface area contributed by atoms with Crippen LogP contribution in [-0.2, 0) is 14.8 Å². The van der Waals surface area contributed by atoms with Crippen LogP contribution in [0.5, 0.6) is 0 Å². The SMILES string of the molecule is CCN(CC)S(=O)(=O)c1ccc(NC(=O)C(C)Sc2cc(C)c3ccccc3n2)cc1. The topological polar surface area (TPSA) is 79.4 Å². The summed E-state index contributed by atoms with van der Waals surface area (Å²) in [4.78, 5) is 17.5. The van der Waals surface area contributed by atoms with Gasteiger partial charge in [0.1, 0.15) is 0 Å². The van der Waals surface area contributed by atoms with Crippen LogP contribution in [0.2, 0.25) is 0 Å². The molecule has 6 nitrogen and oxygen atoms in total. The Hall–Kier alpha value is -2.42. The van der Waals surface area contributed by atoms with Crippen molar-refractivity contribution in [1.82, 2.24) is 9.29 Å². The average molecular weight is 458 g/mol. The summed E-state index contributed by atoms with van der Waals surface area (Å²) >= 11 is 1.39. The van der Waals surface area contributed by atoms with Crippen LogP contribution < -0.4 is 5.32 Å². The quantitative estimate of drug-likeness (QED) is 0.496. The van der Waals surface area contributed by atoms with Crippen LogP contribution in [0.15, 0.2) is 64.5 Å². The number of fused-ring (bicyclic) bond motifs is 1. The molecular weight excluding hydrogens is 430 g/mol. The molecule has 0 aliphatic carbocycles. The van der Waals surface area contributed by atoms with E-state index < -0.39 is 10.0 Å². The lowest BCUT2D eigenvalue weighted by Gasteiger charge is -2.18. The Morgan fingerprint density at radius 1 is 1.10 bits per heavy atom. The molecular formula is C23H27N3O3S2. The Morgan fingerprint density at radius 2 is 1.74 bits per heavy atom. The zero-order valence-corrected chi connectivity index (χ0v) is 19.8. The van der Waals surface area contributed by atoms with Gasteiger partial charge in [0.25, 0.3) is 0 Å². The molecule has 31 heavy (non-hydrogen) atoms. The van der Waals surface area contributed by atoms with Gasteiger partial charge in [0.15, 0.2) is 0 Å². The monoisotopic (exact) mass is 457 g/mol. The number of amides is 1. The molecule has 8 heteroatoms. The summed E-state index contributed by atoms with van der Waals surface area (Å²) in [5, 5.41) is 4.38. The number of pyridine rings is 1. The fourth-order valence-electron chi connectivity index (χ4n) is 3.28. The number of carbonyl (C=O) groups excluding carboxylic acids is 1. The van der Waals surface area contributed by atoms with Crippen molar-refractivity contribution in [3.05, 3.63) is 60.2 Å². The van der Waals surface area contributed by atoms with Gasteiger partial charge in [-0.1, -0.05) is 43.8 Å². The van der Waals surface area contributed by atoms with E-state index in [-0.39, 0.29) is 16.1 Å². The van der Waals surface area contributed by atoms with Gasteiger partial charge in [0.05, 0.1) is 20.7 Å². The van der Waals surface area contributed by atoms with Gasteiger partial charge in [-0.25, -0.2) is 13.4 Å². The number of thioether (sulfide) groups is 1. The number of aromatic nitrogens is 1. The van der Waals surface area contributed by atoms with Crippen molar-refractivity contribution in [2.45, 2.75) is 42.9 Å². The molecule has 0 spiro atoms. The van der Waals surface area contributed by atoms with E-state index in [0.29, 0.717) is 18.8 Å². The van der Waals surface area contributed by atoms with Gasteiger partial charge in [0.2, 0.25) is 15.9 Å². The molecule has 1 amide bonds. The van der Waals surface area contributed by atoms with Crippen LogP contribution >= 0.6 is 11.8 Å². The highest BCUT2D eigenvalue weighted by Crippen LogP contribution is 2.27. The lowest BCUT2D eigenvalue weighted by atomic mass is 10.1. The molecule has 0 aliphatic heterocycles. The maximum Gasteiger partial charge on any atom is 0.243 e. The Morgan fingerprint density at radius 3 is 2.39 bits per heavy atom. The van der Waals surface area contributed by atoms with Crippen LogP contribution in [-0.4, -0.2) is 42.0 Å². The third-order valence-electron chi connectivity index (χ3n) is 5.03. The normalized spacial score (nSPS) is 12.8. The summed E-state index contributed by atoms with van der Waals surface area (Å²) in [6.07, 6.45) is 0. The van der Waals surface area contributed by atoms with E-state index in [0.717, 1.165) is 21.5 Å². The molecule has 1 unspecified atom stereocenters. The zero-order valence-electron chi connectivity index (χ0n) is 18.1. The van der Waals surface area contributed by atoms with Crippen molar-refractivity contribution < 1.29 is 13.2 Å². The largest absolute Gasteiger partial charge is 0.325 e. The molecule has 1 aromatic heterocycles. The molecule has 1 heterocycles. The summed E-state index contributed by atoms with van der Waals surface area (Å²) in [5.41, 5.74) is 2.58. The van der Waals surface area contributed by atoms with E-state index in [1.807, 2.05) is 44.2 Å². The minimum absolute atomic E-state index is 0.169. The number of hydrogen-bond donors (Lipinski definition) is 1. The number of sulfonamides is 1. The first kappa shape index (κ1) is 23.2. The Kier molecular flexibility index (Phi) is 7.35. The van der Waals surface area contributed by atoms with E-state index in [4.69, 9.17) is 0 Å². The molecule has 0 saturated heterocycles. The maximum absolute atomic E-state index is 12.7. The zero-order chi connectivity index (χ0) is 22.6. The third-order valence-corrected chi connectivity index (χ3v) is 8.11. The predicted octanol–water partition coefficient (Wildman–Crippen LogP) is 4.69. The number of para-hydroxylation sites is 1. The first-order valence-electron chi connectivity index (χ1n) is 10.2. The molecule has 0 aliphatic rings. The maximum atomic E-state index is 12.7. The van der Waals surface area contributed by atoms with Crippen molar-refractivity contribution >= 4 is 44.3 Å². The number of aryl methyl sites for hydroxylation is 1. The molecule has 0 radical (unpaired) electrons. The minimum Gasteiger partial charge on any atom is -0.325 e. The van der Waals surface area contributed by atoms with Crippen molar-refractivity contribution in [1.29, 1.82) is 0 Å². The number of rotatable bonds is 8. The van der Waals surface area contributed by atoms with Crippen LogP contribution in [0.1, 0.15) is 26.3 Å². The van der Waals surface area contributed by atoms with Crippen LogP contribution in [0.25, 0.3) is 10.9 Å². The number of hydrogen-bond acceptors (Lipinski definition) is 5. The summed E-state index contributed by atoms with van der Waals surface area (Å²) in [7, 11) is -3.52. The van der Waals surface area contributed by atoms with Crippen LogP contribution in [0.3, 0.4) is 0 Å². The minimum atomic E-state index is -3.52. The van der Waals surface area contributed by atoms with E-state index >= 15 is 0 Å². The molecule has 3 aromatic rings. The van der Waals surface area contributed by atoms with Gasteiger partial charge in [-0.05, 0) is 55.8 Å². The molecule has 1 atom stereocenters. The number of anilines is 1. The van der Waals surface area contributed by atoms with Crippen molar-refractivity contribution in [2.24, 2.45) is 0 Å². The number of benzene rings is 2. The smallest absolute Gasteiger partial charge is 0.243 e. The molecule has 0 saturated carbocycles. The van der Waals surface area contributed by atoms with E-state index in [2.05, 4.69) is 10.3 Å². The van der Waals surface area contributed by atoms with Crippen molar-refractivity contribution in [3.8, 4) is 0 Å². The van der Waals surface area contributed by atoms with Gasteiger partial charge < -0.3 is 5.32 Å². The second kappa shape index (κ2) is 9.80. The molecule has 0 fully saturated rings. The first-order chi connectivity index (χ1) is 14.8. The van der Waals surface area contributed by atoms with Crippen molar-refractivity contribution in [3.63, 3.8) is 0 Å². The van der Waals surface area contributed by atoms with Gasteiger partial charge in [-0.3, -0.25) is 4.79 Å². The third kappa shape index (κ3) is 5.26. The van der Waals surface area contributed by atoms with Gasteiger partial charge in [-0.15, -0.1) is 0 Å². The first-order valence-corrected chi connectivity index (χ1v) is 12.5. The molecule has 2 aromatic carbocycles. The van der Waals surface area contributed by atoms with E-state index in [1.165, 1.54) is 28.2 Å². The predicted molar refractivity (Wildman–Crippen MR) is 127 cm³/mol. The Labute approximate surface area is 188 Å². The summed E-state index contributed by atoms with van der Waals surface area (Å²) in [6, 6.07) is 16.2. The number of nitrogens with one attached hydrogen (secondary N) is 1. The highest BCUT2D eigenvalue weighted by Gasteiger charge is 2.22.